The van der Waals surface area contributed by atoms with E-state index >= 15 is 0 Å². The van der Waals surface area contributed by atoms with Crippen molar-refractivity contribution < 1.29 is 4.42 Å². The number of rotatable bonds is 2. The van der Waals surface area contributed by atoms with E-state index < -0.39 is 0 Å². The van der Waals surface area contributed by atoms with Crippen LogP contribution in [0.3, 0.4) is 0 Å². The van der Waals surface area contributed by atoms with Crippen LogP contribution in [0.2, 0.25) is 0 Å². The summed E-state index contributed by atoms with van der Waals surface area (Å²) in [7, 11) is 0. The monoisotopic (exact) mass is 296 g/mol. The number of benzene rings is 1. The molecule has 22 heavy (non-hydrogen) atoms. The minimum Gasteiger partial charge on any atom is -0.468 e. The summed E-state index contributed by atoms with van der Waals surface area (Å²) in [6.45, 7) is 4.15. The molecule has 1 aliphatic carbocycles. The molecule has 0 aliphatic heterocycles. The van der Waals surface area contributed by atoms with Gasteiger partial charge in [-0.05, 0) is 42.9 Å². The number of guanidine groups is 1. The normalized spacial score (nSPS) is 19.0. The molecule has 114 valence electrons. The zero-order valence-corrected chi connectivity index (χ0v) is 12.8. The Morgan fingerprint density at radius 2 is 1.91 bits per heavy atom. The van der Waals surface area contributed by atoms with Crippen molar-refractivity contribution in [1.82, 2.24) is 0 Å². The van der Waals surface area contributed by atoms with Crippen molar-refractivity contribution in [2.75, 3.05) is 0 Å². The van der Waals surface area contributed by atoms with Crippen LogP contribution >= 0.6 is 0 Å². The lowest BCUT2D eigenvalue weighted by Gasteiger charge is -2.24. The molecule has 0 saturated heterocycles. The lowest BCUT2D eigenvalue weighted by atomic mass is 9.80. The number of hydrogen-bond acceptors (Lipinski definition) is 3. The Morgan fingerprint density at radius 3 is 2.64 bits per heavy atom. The van der Waals surface area contributed by atoms with E-state index in [1.54, 1.807) is 6.26 Å². The molecule has 3 rings (SSSR count). The van der Waals surface area contributed by atoms with Gasteiger partial charge < -0.3 is 15.9 Å². The molecule has 0 saturated carbocycles. The van der Waals surface area contributed by atoms with Gasteiger partial charge in [0.25, 0.3) is 0 Å². The van der Waals surface area contributed by atoms with Crippen LogP contribution < -0.4 is 11.5 Å². The van der Waals surface area contributed by atoms with Crippen LogP contribution in [0.1, 0.15) is 40.4 Å². The third kappa shape index (κ3) is 2.62. The molecule has 5 heteroatoms. The van der Waals surface area contributed by atoms with Crippen LogP contribution in [0, 0.1) is 13.8 Å². The summed E-state index contributed by atoms with van der Waals surface area (Å²) >= 11 is 0. The first-order valence-electron chi connectivity index (χ1n) is 7.34. The third-order valence-corrected chi connectivity index (χ3v) is 4.13. The Morgan fingerprint density at radius 1 is 1.14 bits per heavy atom. The number of aryl methyl sites for hydroxylation is 2. The second-order valence-corrected chi connectivity index (χ2v) is 5.75. The lowest BCUT2D eigenvalue weighted by molar-refractivity contribution is 0.480. The lowest BCUT2D eigenvalue weighted by Crippen LogP contribution is -2.23. The minimum absolute atomic E-state index is 0.0341. The predicted octanol–water partition coefficient (Wildman–Crippen LogP) is 2.60. The maximum Gasteiger partial charge on any atom is 0.211 e. The van der Waals surface area contributed by atoms with E-state index in [9.17, 15) is 0 Å². The minimum atomic E-state index is -0.0341. The summed E-state index contributed by atoms with van der Waals surface area (Å²) in [5, 5.41) is 8.09. The Labute approximate surface area is 129 Å². The average Bonchev–Trinajstić information content (AvgIpc) is 2.87. The van der Waals surface area contributed by atoms with Crippen LogP contribution in [0.15, 0.2) is 45.1 Å². The number of nitrogens with two attached hydrogens (primary N) is 2. The van der Waals surface area contributed by atoms with Crippen LogP contribution in [-0.2, 0) is 6.42 Å². The second kappa shape index (κ2) is 5.67. The smallest absolute Gasteiger partial charge is 0.211 e. The van der Waals surface area contributed by atoms with E-state index in [0.717, 1.165) is 35.4 Å². The van der Waals surface area contributed by atoms with Gasteiger partial charge in [0.2, 0.25) is 5.96 Å². The van der Waals surface area contributed by atoms with Gasteiger partial charge in [0.1, 0.15) is 5.76 Å². The maximum absolute atomic E-state index is 5.72. The molecule has 1 unspecified atom stereocenters. The molecule has 4 N–H and O–H groups in total. The summed E-state index contributed by atoms with van der Waals surface area (Å²) in [6, 6.07) is 8.42. The molecule has 1 aromatic carbocycles. The molecule has 1 atom stereocenters. The Kier molecular flexibility index (Phi) is 3.71. The Hall–Kier alpha value is -2.56. The number of hydrogen-bond donors (Lipinski definition) is 2. The summed E-state index contributed by atoms with van der Waals surface area (Å²) in [5.74, 6) is 1.25. The average molecular weight is 296 g/mol. The first-order valence-corrected chi connectivity index (χ1v) is 7.34. The van der Waals surface area contributed by atoms with E-state index in [1.807, 2.05) is 6.92 Å². The van der Waals surface area contributed by atoms with Gasteiger partial charge in [-0.1, -0.05) is 24.3 Å². The number of nitrogens with zero attached hydrogens (tertiary/aromatic N) is 2. The molecule has 1 heterocycles. The van der Waals surface area contributed by atoms with Crippen molar-refractivity contribution in [3.63, 3.8) is 0 Å². The quantitative estimate of drug-likeness (QED) is 0.507. The molecule has 1 aliphatic rings. The molecule has 0 spiro atoms. The highest BCUT2D eigenvalue weighted by Crippen LogP contribution is 2.36. The van der Waals surface area contributed by atoms with Crippen molar-refractivity contribution in [3.8, 4) is 0 Å². The highest BCUT2D eigenvalue weighted by Gasteiger charge is 2.29. The standard InChI is InChI=1S/C17H20N4O/c1-10-5-3-4-6-13(10)12-7-14(20-21-17(18)19)16-11(2)9-22-15(16)8-12/h3-6,9,12H,7-8H2,1-2H3,(H4,18,19,21)/b20-14+. The van der Waals surface area contributed by atoms with E-state index in [4.69, 9.17) is 15.9 Å². The fourth-order valence-corrected chi connectivity index (χ4v) is 3.14. The Bertz CT molecular complexity index is 754. The van der Waals surface area contributed by atoms with Gasteiger partial charge in [-0.2, -0.15) is 5.10 Å². The van der Waals surface area contributed by atoms with Crippen LogP contribution in [0.4, 0.5) is 0 Å². The van der Waals surface area contributed by atoms with Gasteiger partial charge in [0, 0.05) is 12.0 Å². The van der Waals surface area contributed by atoms with Gasteiger partial charge in [0.15, 0.2) is 0 Å². The van der Waals surface area contributed by atoms with Gasteiger partial charge in [0.05, 0.1) is 12.0 Å². The predicted molar refractivity (Wildman–Crippen MR) is 88.0 cm³/mol. The maximum atomic E-state index is 5.72. The number of furan rings is 1. The molecule has 5 nitrogen and oxygen atoms in total. The van der Waals surface area contributed by atoms with Crippen LogP contribution in [0.25, 0.3) is 0 Å². The largest absolute Gasteiger partial charge is 0.468 e. The first-order chi connectivity index (χ1) is 10.6. The van der Waals surface area contributed by atoms with Crippen molar-refractivity contribution in [2.24, 2.45) is 21.7 Å². The fourth-order valence-electron chi connectivity index (χ4n) is 3.14. The van der Waals surface area contributed by atoms with E-state index in [1.165, 1.54) is 11.1 Å². The summed E-state index contributed by atoms with van der Waals surface area (Å²) in [4.78, 5) is 0. The van der Waals surface area contributed by atoms with Crippen molar-refractivity contribution >= 4 is 11.7 Å². The van der Waals surface area contributed by atoms with Gasteiger partial charge in [-0.3, -0.25) is 0 Å². The Balaban J connectivity index is 2.04. The van der Waals surface area contributed by atoms with Crippen LogP contribution in [0.5, 0.6) is 0 Å². The van der Waals surface area contributed by atoms with Crippen molar-refractivity contribution in [2.45, 2.75) is 32.6 Å². The second-order valence-electron chi connectivity index (χ2n) is 5.75. The first kappa shape index (κ1) is 14.4. The zero-order chi connectivity index (χ0) is 15.7. The zero-order valence-electron chi connectivity index (χ0n) is 12.8. The molecule has 0 radical (unpaired) electrons. The van der Waals surface area contributed by atoms with Gasteiger partial charge in [-0.15, -0.1) is 5.10 Å². The highest BCUT2D eigenvalue weighted by molar-refractivity contribution is 6.04. The van der Waals surface area contributed by atoms with Crippen molar-refractivity contribution in [3.05, 3.63) is 58.5 Å². The highest BCUT2D eigenvalue weighted by atomic mass is 16.3. The SMILES string of the molecule is Cc1ccccc1C1C/C(=N\N=C(N)N)c2c(C)coc2C1. The molecular weight excluding hydrogens is 276 g/mol. The molecule has 0 bridgehead atoms. The molecule has 0 fully saturated rings. The van der Waals surface area contributed by atoms with E-state index in [0.29, 0.717) is 5.92 Å². The molecule has 2 aromatic rings. The van der Waals surface area contributed by atoms with Crippen LogP contribution in [-0.4, -0.2) is 11.7 Å². The van der Waals surface area contributed by atoms with Gasteiger partial charge in [-0.25, -0.2) is 0 Å². The van der Waals surface area contributed by atoms with Crippen molar-refractivity contribution in [1.29, 1.82) is 0 Å². The summed E-state index contributed by atoms with van der Waals surface area (Å²) in [6.07, 6.45) is 3.44. The number of fused-ring (bicyclic) bond motifs is 1. The topological polar surface area (TPSA) is 89.9 Å². The molecule has 0 amide bonds. The fraction of sp³-hybridized carbons (Fsp3) is 0.294. The summed E-state index contributed by atoms with van der Waals surface area (Å²) < 4.78 is 5.72. The van der Waals surface area contributed by atoms with E-state index in [-0.39, 0.29) is 5.96 Å². The van der Waals surface area contributed by atoms with E-state index in [2.05, 4.69) is 41.4 Å². The van der Waals surface area contributed by atoms with Gasteiger partial charge >= 0.3 is 0 Å². The molecular formula is C17H20N4O. The molecule has 1 aromatic heterocycles. The summed E-state index contributed by atoms with van der Waals surface area (Å²) in [5.41, 5.74) is 16.4. The third-order valence-electron chi connectivity index (χ3n) is 4.13.